The van der Waals surface area contributed by atoms with Crippen molar-refractivity contribution in [3.8, 4) is 0 Å². The number of nitrogens with zero attached hydrogens (tertiary/aromatic N) is 1. The third-order valence-electron chi connectivity index (χ3n) is 2.39. The van der Waals surface area contributed by atoms with Gasteiger partial charge in [0, 0.05) is 12.4 Å². The van der Waals surface area contributed by atoms with Gasteiger partial charge in [-0.05, 0) is 30.3 Å². The minimum Gasteiger partial charge on any atom is -0.267 e. The van der Waals surface area contributed by atoms with Gasteiger partial charge in [0.15, 0.2) is 0 Å². The van der Waals surface area contributed by atoms with Crippen LogP contribution >= 0.6 is 11.6 Å². The van der Waals surface area contributed by atoms with Crippen molar-refractivity contribution in [3.63, 3.8) is 0 Å². The Balaban J connectivity index is 2.00. The van der Waals surface area contributed by atoms with E-state index in [1.54, 1.807) is 12.1 Å². The summed E-state index contributed by atoms with van der Waals surface area (Å²) in [7, 11) is 0. The maximum atomic E-state index is 12.9. The summed E-state index contributed by atoms with van der Waals surface area (Å²) in [5.74, 6) is -1.72. The molecular formula is C13H9ClFN3O2. The lowest BCUT2D eigenvalue weighted by atomic mass is 10.2. The molecule has 0 atom stereocenters. The molecule has 0 unspecified atom stereocenters. The number of carbonyl (C=O) groups is 2. The van der Waals surface area contributed by atoms with Gasteiger partial charge in [0.25, 0.3) is 11.8 Å². The summed E-state index contributed by atoms with van der Waals surface area (Å²) in [6, 6.07) is 6.47. The number of pyridine rings is 1. The molecule has 0 saturated carbocycles. The first kappa shape index (κ1) is 14.0. The number of hydrazine groups is 1. The zero-order valence-electron chi connectivity index (χ0n) is 10.1. The number of benzene rings is 1. The molecule has 102 valence electrons. The Bertz CT molecular complexity index is 649. The monoisotopic (exact) mass is 293 g/mol. The summed E-state index contributed by atoms with van der Waals surface area (Å²) in [6.45, 7) is 0. The Labute approximate surface area is 118 Å². The van der Waals surface area contributed by atoms with Gasteiger partial charge in [-0.25, -0.2) is 4.39 Å². The van der Waals surface area contributed by atoms with Gasteiger partial charge < -0.3 is 0 Å². The molecular weight excluding hydrogens is 285 g/mol. The Morgan fingerprint density at radius 1 is 1.15 bits per heavy atom. The topological polar surface area (TPSA) is 71.1 Å². The molecule has 1 aromatic carbocycles. The summed E-state index contributed by atoms with van der Waals surface area (Å²) < 4.78 is 12.9. The van der Waals surface area contributed by atoms with Gasteiger partial charge in [0.05, 0.1) is 16.1 Å². The van der Waals surface area contributed by atoms with E-state index in [2.05, 4.69) is 15.8 Å². The summed E-state index contributed by atoms with van der Waals surface area (Å²) in [5.41, 5.74) is 4.74. The van der Waals surface area contributed by atoms with Crippen LogP contribution in [0.2, 0.25) is 5.02 Å². The largest absolute Gasteiger partial charge is 0.271 e. The molecule has 0 bridgehead atoms. The Morgan fingerprint density at radius 3 is 2.55 bits per heavy atom. The number of halogens is 2. The standard InChI is InChI=1S/C13H9ClFN3O2/c14-11-6-9(15)3-4-10(11)13(20)18-17-12(19)8-2-1-5-16-7-8/h1-7H,(H,17,19)(H,18,20). The van der Waals surface area contributed by atoms with E-state index in [1.807, 2.05) is 0 Å². The van der Waals surface area contributed by atoms with Crippen LogP contribution in [-0.4, -0.2) is 16.8 Å². The van der Waals surface area contributed by atoms with Gasteiger partial charge in [-0.2, -0.15) is 0 Å². The first-order chi connectivity index (χ1) is 9.58. The number of hydrogen-bond donors (Lipinski definition) is 2. The van der Waals surface area contributed by atoms with Crippen molar-refractivity contribution in [1.29, 1.82) is 0 Å². The maximum absolute atomic E-state index is 12.9. The van der Waals surface area contributed by atoms with Crippen LogP contribution in [0.1, 0.15) is 20.7 Å². The Kier molecular flexibility index (Phi) is 4.27. The van der Waals surface area contributed by atoms with Crippen molar-refractivity contribution in [3.05, 3.63) is 64.7 Å². The van der Waals surface area contributed by atoms with E-state index in [9.17, 15) is 14.0 Å². The minimum absolute atomic E-state index is 0.0434. The average molecular weight is 294 g/mol. The SMILES string of the molecule is O=C(NNC(=O)c1ccc(F)cc1Cl)c1cccnc1. The van der Waals surface area contributed by atoms with Gasteiger partial charge in [0.1, 0.15) is 5.82 Å². The fraction of sp³-hybridized carbons (Fsp3) is 0. The van der Waals surface area contributed by atoms with E-state index in [1.165, 1.54) is 18.5 Å². The fourth-order valence-corrected chi connectivity index (χ4v) is 1.68. The second kappa shape index (κ2) is 6.12. The number of aromatic nitrogens is 1. The minimum atomic E-state index is -0.646. The lowest BCUT2D eigenvalue weighted by Crippen LogP contribution is -2.41. The van der Waals surface area contributed by atoms with E-state index >= 15 is 0 Å². The Morgan fingerprint density at radius 2 is 1.90 bits per heavy atom. The van der Waals surface area contributed by atoms with Crippen molar-refractivity contribution in [1.82, 2.24) is 15.8 Å². The number of carbonyl (C=O) groups excluding carboxylic acids is 2. The molecule has 1 aromatic heterocycles. The van der Waals surface area contributed by atoms with Crippen LogP contribution in [0, 0.1) is 5.82 Å². The smallest absolute Gasteiger partial charge is 0.267 e. The second-order valence-corrected chi connectivity index (χ2v) is 4.18. The predicted octanol–water partition coefficient (Wildman–Crippen LogP) is 1.95. The van der Waals surface area contributed by atoms with E-state index in [0.717, 1.165) is 12.1 Å². The highest BCUT2D eigenvalue weighted by Crippen LogP contribution is 2.16. The molecule has 0 aliphatic rings. The van der Waals surface area contributed by atoms with Crippen LogP contribution in [0.3, 0.4) is 0 Å². The summed E-state index contributed by atoms with van der Waals surface area (Å²) >= 11 is 5.73. The summed E-state index contributed by atoms with van der Waals surface area (Å²) in [4.78, 5) is 27.2. The molecule has 2 amide bonds. The third-order valence-corrected chi connectivity index (χ3v) is 2.70. The fourth-order valence-electron chi connectivity index (χ4n) is 1.42. The van der Waals surface area contributed by atoms with Gasteiger partial charge in [-0.1, -0.05) is 11.6 Å². The average Bonchev–Trinajstić information content (AvgIpc) is 2.45. The van der Waals surface area contributed by atoms with Gasteiger partial charge in [-0.3, -0.25) is 25.4 Å². The molecule has 2 rings (SSSR count). The molecule has 7 heteroatoms. The maximum Gasteiger partial charge on any atom is 0.271 e. The van der Waals surface area contributed by atoms with Crippen molar-refractivity contribution >= 4 is 23.4 Å². The highest BCUT2D eigenvalue weighted by molar-refractivity contribution is 6.33. The van der Waals surface area contributed by atoms with Crippen LogP contribution in [0.4, 0.5) is 4.39 Å². The van der Waals surface area contributed by atoms with Crippen molar-refractivity contribution in [2.75, 3.05) is 0 Å². The number of rotatable bonds is 2. The van der Waals surface area contributed by atoms with Crippen LogP contribution in [-0.2, 0) is 0 Å². The molecule has 1 heterocycles. The van der Waals surface area contributed by atoms with Crippen LogP contribution in [0.15, 0.2) is 42.7 Å². The van der Waals surface area contributed by atoms with Crippen LogP contribution in [0.25, 0.3) is 0 Å². The van der Waals surface area contributed by atoms with Crippen molar-refractivity contribution in [2.24, 2.45) is 0 Å². The van der Waals surface area contributed by atoms with Crippen molar-refractivity contribution in [2.45, 2.75) is 0 Å². The molecule has 0 fully saturated rings. The van der Waals surface area contributed by atoms with Crippen LogP contribution < -0.4 is 10.9 Å². The summed E-state index contributed by atoms with van der Waals surface area (Å²) in [5, 5.41) is -0.0434. The van der Waals surface area contributed by atoms with Gasteiger partial charge in [0.2, 0.25) is 0 Å². The first-order valence-corrected chi connectivity index (χ1v) is 5.91. The quantitative estimate of drug-likeness (QED) is 0.831. The van der Waals surface area contributed by atoms with E-state index < -0.39 is 17.6 Å². The molecule has 5 nitrogen and oxygen atoms in total. The molecule has 0 saturated heterocycles. The highest BCUT2D eigenvalue weighted by Gasteiger charge is 2.12. The van der Waals surface area contributed by atoms with Gasteiger partial charge in [-0.15, -0.1) is 0 Å². The van der Waals surface area contributed by atoms with Crippen LogP contribution in [0.5, 0.6) is 0 Å². The number of nitrogens with one attached hydrogen (secondary N) is 2. The first-order valence-electron chi connectivity index (χ1n) is 5.53. The van der Waals surface area contributed by atoms with Crippen molar-refractivity contribution < 1.29 is 14.0 Å². The third kappa shape index (κ3) is 3.30. The van der Waals surface area contributed by atoms with E-state index in [-0.39, 0.29) is 16.1 Å². The lowest BCUT2D eigenvalue weighted by Gasteiger charge is -2.08. The Hall–Kier alpha value is -2.47. The summed E-state index contributed by atoms with van der Waals surface area (Å²) in [6.07, 6.45) is 2.88. The highest BCUT2D eigenvalue weighted by atomic mass is 35.5. The normalized spacial score (nSPS) is 9.90. The van der Waals surface area contributed by atoms with E-state index in [4.69, 9.17) is 11.6 Å². The zero-order chi connectivity index (χ0) is 14.5. The van der Waals surface area contributed by atoms with Gasteiger partial charge >= 0.3 is 0 Å². The molecule has 0 aliphatic carbocycles. The predicted molar refractivity (Wildman–Crippen MR) is 70.6 cm³/mol. The number of amides is 2. The molecule has 2 aromatic rings. The zero-order valence-corrected chi connectivity index (χ0v) is 10.8. The van der Waals surface area contributed by atoms with E-state index in [0.29, 0.717) is 0 Å². The molecule has 20 heavy (non-hydrogen) atoms. The molecule has 0 spiro atoms. The molecule has 2 N–H and O–H groups in total. The molecule has 0 radical (unpaired) electrons. The molecule has 0 aliphatic heterocycles. The second-order valence-electron chi connectivity index (χ2n) is 3.77. The number of hydrogen-bond acceptors (Lipinski definition) is 3. The lowest BCUT2D eigenvalue weighted by molar-refractivity contribution is 0.0846.